The highest BCUT2D eigenvalue weighted by Crippen LogP contribution is 2.48. The molecule has 1 aliphatic carbocycles. The van der Waals surface area contributed by atoms with E-state index in [9.17, 15) is 27.9 Å². The van der Waals surface area contributed by atoms with Crippen molar-refractivity contribution in [2.75, 3.05) is 13.7 Å². The number of carboxylic acids is 1. The first-order valence-electron chi connectivity index (χ1n) is 8.88. The van der Waals surface area contributed by atoms with Gasteiger partial charge in [0.2, 0.25) is 10.0 Å². The van der Waals surface area contributed by atoms with Crippen LogP contribution in [0.25, 0.3) is 0 Å². The average molecular weight is 409 g/mol. The Morgan fingerprint density at radius 1 is 1.14 bits per heavy atom. The second-order valence-electron chi connectivity index (χ2n) is 8.23. The van der Waals surface area contributed by atoms with Gasteiger partial charge in [-0.25, -0.2) is 8.42 Å². The summed E-state index contributed by atoms with van der Waals surface area (Å²) in [6.45, 7) is 3.16. The number of aliphatic carboxylic acids is 1. The minimum absolute atomic E-state index is 0.113. The SMILES string of the molecule is COc1ccc(S(=O)(=O)N2CC3(C[C@@H]2C(=O)O)C(=O)CC(C)(C)CC3=O)cc1. The number of carbonyl (C=O) groups is 3. The number of carbonyl (C=O) groups excluding carboxylic acids is 2. The summed E-state index contributed by atoms with van der Waals surface area (Å²) < 4.78 is 32.0. The van der Waals surface area contributed by atoms with E-state index in [1.165, 1.54) is 31.4 Å². The monoisotopic (exact) mass is 409 g/mol. The molecule has 1 saturated carbocycles. The molecule has 0 amide bonds. The Labute approximate surface area is 163 Å². The first kappa shape index (κ1) is 20.5. The third kappa shape index (κ3) is 3.22. The van der Waals surface area contributed by atoms with Crippen LogP contribution in [-0.2, 0) is 24.4 Å². The van der Waals surface area contributed by atoms with Crippen LogP contribution in [0.3, 0.4) is 0 Å². The van der Waals surface area contributed by atoms with Crippen LogP contribution in [0, 0.1) is 10.8 Å². The van der Waals surface area contributed by atoms with Crippen LogP contribution >= 0.6 is 0 Å². The van der Waals surface area contributed by atoms with Crippen molar-refractivity contribution >= 4 is 27.6 Å². The Morgan fingerprint density at radius 2 is 1.68 bits per heavy atom. The molecule has 1 saturated heterocycles. The lowest BCUT2D eigenvalue weighted by molar-refractivity contribution is -0.147. The van der Waals surface area contributed by atoms with E-state index in [0.29, 0.717) is 5.75 Å². The molecule has 1 heterocycles. The number of carboxylic acid groups (broad SMARTS) is 1. The van der Waals surface area contributed by atoms with Gasteiger partial charge in [-0.15, -0.1) is 0 Å². The summed E-state index contributed by atoms with van der Waals surface area (Å²) >= 11 is 0. The van der Waals surface area contributed by atoms with Crippen molar-refractivity contribution < 1.29 is 32.6 Å². The van der Waals surface area contributed by atoms with E-state index in [2.05, 4.69) is 0 Å². The Hall–Kier alpha value is -2.26. The standard InChI is InChI=1S/C19H23NO7S/c1-18(2)9-15(21)19(16(22)10-18)8-14(17(23)24)20(11-19)28(25,26)13-6-4-12(27-3)5-7-13/h4-7,14H,8-11H2,1-3H3,(H,23,24)/t14-/m1/s1. The van der Waals surface area contributed by atoms with Crippen LogP contribution in [0.4, 0.5) is 0 Å². The largest absolute Gasteiger partial charge is 0.497 e. The normalized spacial score (nSPS) is 24.5. The Bertz CT molecular complexity index is 914. The van der Waals surface area contributed by atoms with Gasteiger partial charge in [-0.3, -0.25) is 14.4 Å². The number of nitrogens with zero attached hydrogens (tertiary/aromatic N) is 1. The van der Waals surface area contributed by atoms with Gasteiger partial charge in [-0.05, 0) is 36.1 Å². The van der Waals surface area contributed by atoms with Crippen molar-refractivity contribution in [1.29, 1.82) is 0 Å². The zero-order valence-corrected chi connectivity index (χ0v) is 16.8. The molecule has 1 aromatic rings. The molecule has 152 valence electrons. The van der Waals surface area contributed by atoms with Crippen molar-refractivity contribution in [2.45, 2.75) is 44.0 Å². The zero-order valence-electron chi connectivity index (χ0n) is 16.0. The van der Waals surface area contributed by atoms with Crippen molar-refractivity contribution in [3.05, 3.63) is 24.3 Å². The zero-order chi connectivity index (χ0) is 20.9. The summed E-state index contributed by atoms with van der Waals surface area (Å²) in [5, 5.41) is 9.62. The quantitative estimate of drug-likeness (QED) is 0.749. The number of ether oxygens (including phenoxy) is 1. The van der Waals surface area contributed by atoms with Crippen LogP contribution in [0.2, 0.25) is 0 Å². The highest BCUT2D eigenvalue weighted by atomic mass is 32.2. The molecule has 1 aromatic carbocycles. The second kappa shape index (κ2) is 6.66. The molecule has 1 spiro atoms. The number of benzene rings is 1. The van der Waals surface area contributed by atoms with Crippen LogP contribution in [0.15, 0.2) is 29.2 Å². The lowest BCUT2D eigenvalue weighted by Gasteiger charge is -2.38. The smallest absolute Gasteiger partial charge is 0.322 e. The van der Waals surface area contributed by atoms with Gasteiger partial charge >= 0.3 is 5.97 Å². The molecule has 0 unspecified atom stereocenters. The van der Waals surface area contributed by atoms with Crippen LogP contribution in [0.1, 0.15) is 33.1 Å². The molecular weight excluding hydrogens is 386 g/mol. The molecule has 1 atom stereocenters. The number of Topliss-reactive ketones (excluding diaryl/α,β-unsaturated/α-hetero) is 2. The summed E-state index contributed by atoms with van der Waals surface area (Å²) in [6, 6.07) is 4.06. The maximum Gasteiger partial charge on any atom is 0.322 e. The molecule has 9 heteroatoms. The number of ketones is 2. The van der Waals surface area contributed by atoms with Crippen LogP contribution in [-0.4, -0.2) is 55.1 Å². The van der Waals surface area contributed by atoms with Gasteiger partial charge in [-0.2, -0.15) is 4.31 Å². The minimum atomic E-state index is -4.22. The minimum Gasteiger partial charge on any atom is -0.497 e. The van der Waals surface area contributed by atoms with Gasteiger partial charge in [0.1, 0.15) is 28.8 Å². The van der Waals surface area contributed by atoms with E-state index in [1.54, 1.807) is 13.8 Å². The van der Waals surface area contributed by atoms with Gasteiger partial charge in [0, 0.05) is 19.4 Å². The average Bonchev–Trinajstić information content (AvgIpc) is 3.03. The number of sulfonamides is 1. The summed E-state index contributed by atoms with van der Waals surface area (Å²) in [5.41, 5.74) is -2.10. The summed E-state index contributed by atoms with van der Waals surface area (Å²) in [7, 11) is -2.78. The molecule has 3 rings (SSSR count). The van der Waals surface area contributed by atoms with Gasteiger partial charge in [0.15, 0.2) is 0 Å². The van der Waals surface area contributed by atoms with E-state index < -0.39 is 39.4 Å². The predicted molar refractivity (Wildman–Crippen MR) is 98.4 cm³/mol. The summed E-state index contributed by atoms with van der Waals surface area (Å²) in [4.78, 5) is 37.4. The third-order valence-corrected chi connectivity index (χ3v) is 7.48. The van der Waals surface area contributed by atoms with E-state index in [4.69, 9.17) is 4.74 Å². The fourth-order valence-corrected chi connectivity index (χ4v) is 5.69. The topological polar surface area (TPSA) is 118 Å². The molecule has 0 radical (unpaired) electrons. The third-order valence-electron chi connectivity index (χ3n) is 5.61. The molecule has 2 aliphatic rings. The van der Waals surface area contributed by atoms with Crippen molar-refractivity contribution in [3.63, 3.8) is 0 Å². The molecule has 1 aliphatic heterocycles. The number of rotatable bonds is 4. The lowest BCUT2D eigenvalue weighted by atomic mass is 9.62. The van der Waals surface area contributed by atoms with Crippen LogP contribution in [0.5, 0.6) is 5.75 Å². The van der Waals surface area contributed by atoms with Crippen LogP contribution < -0.4 is 4.74 Å². The maximum atomic E-state index is 13.1. The number of hydrogen-bond donors (Lipinski definition) is 1. The number of hydrogen-bond acceptors (Lipinski definition) is 6. The van der Waals surface area contributed by atoms with Crippen molar-refractivity contribution in [2.24, 2.45) is 10.8 Å². The first-order chi connectivity index (χ1) is 12.9. The van der Waals surface area contributed by atoms with Gasteiger partial charge in [0.25, 0.3) is 0 Å². The highest BCUT2D eigenvalue weighted by molar-refractivity contribution is 7.89. The molecule has 8 nitrogen and oxygen atoms in total. The fraction of sp³-hybridized carbons (Fsp3) is 0.526. The van der Waals surface area contributed by atoms with Gasteiger partial charge in [-0.1, -0.05) is 13.8 Å². The molecule has 2 fully saturated rings. The molecule has 28 heavy (non-hydrogen) atoms. The molecule has 0 bridgehead atoms. The van der Waals surface area contributed by atoms with E-state index in [-0.39, 0.29) is 35.7 Å². The first-order valence-corrected chi connectivity index (χ1v) is 10.3. The predicted octanol–water partition coefficient (Wildman–Crippen LogP) is 1.49. The fourth-order valence-electron chi connectivity index (χ4n) is 4.05. The summed E-state index contributed by atoms with van der Waals surface area (Å²) in [6.07, 6.45) is -0.103. The number of methoxy groups -OCH3 is 1. The second-order valence-corrected chi connectivity index (χ2v) is 10.1. The Balaban J connectivity index is 2.02. The van der Waals surface area contributed by atoms with E-state index >= 15 is 0 Å². The van der Waals surface area contributed by atoms with Gasteiger partial charge in [0.05, 0.1) is 12.0 Å². The molecule has 0 aromatic heterocycles. The summed E-state index contributed by atoms with van der Waals surface area (Å²) in [5.74, 6) is -1.69. The van der Waals surface area contributed by atoms with E-state index in [0.717, 1.165) is 4.31 Å². The van der Waals surface area contributed by atoms with Crippen molar-refractivity contribution in [3.8, 4) is 5.75 Å². The Morgan fingerprint density at radius 3 is 2.14 bits per heavy atom. The highest BCUT2D eigenvalue weighted by Gasteiger charge is 2.61. The lowest BCUT2D eigenvalue weighted by Crippen LogP contribution is -2.49. The van der Waals surface area contributed by atoms with E-state index in [1.807, 2.05) is 0 Å². The Kier molecular flexibility index (Phi) is 4.87. The van der Waals surface area contributed by atoms with Gasteiger partial charge < -0.3 is 9.84 Å². The van der Waals surface area contributed by atoms with Crippen molar-refractivity contribution in [1.82, 2.24) is 4.31 Å². The molecule has 1 N–H and O–H groups in total. The molecular formula is C19H23NO7S. The maximum absolute atomic E-state index is 13.1.